The van der Waals surface area contributed by atoms with Crippen LogP contribution in [-0.2, 0) is 0 Å². The van der Waals surface area contributed by atoms with Crippen LogP contribution in [0.15, 0.2) is 58.3 Å². The van der Waals surface area contributed by atoms with E-state index in [1.54, 1.807) is 12.1 Å². The van der Waals surface area contributed by atoms with Gasteiger partial charge < -0.3 is 14.9 Å². The fraction of sp³-hybridized carbons (Fsp3) is 0.333. The van der Waals surface area contributed by atoms with Gasteiger partial charge in [-0.2, -0.15) is 0 Å². The molecule has 2 N–H and O–H groups in total. The van der Waals surface area contributed by atoms with Gasteiger partial charge in [-0.05, 0) is 37.6 Å². The van der Waals surface area contributed by atoms with Crippen LogP contribution in [0.1, 0.15) is 27.2 Å². The fourth-order valence-electron chi connectivity index (χ4n) is 2.61. The van der Waals surface area contributed by atoms with Crippen molar-refractivity contribution in [1.82, 2.24) is 4.98 Å². The van der Waals surface area contributed by atoms with Crippen LogP contribution in [0.4, 0.5) is 0 Å². The number of aromatic nitrogens is 1. The first-order chi connectivity index (χ1) is 12.2. The summed E-state index contributed by atoms with van der Waals surface area (Å²) in [6.07, 6.45) is 2.56. The first-order valence-electron chi connectivity index (χ1n) is 8.62. The summed E-state index contributed by atoms with van der Waals surface area (Å²) in [5.74, 6) is 1.14. The van der Waals surface area contributed by atoms with Crippen LogP contribution in [0.2, 0.25) is 0 Å². The molecule has 1 aromatic rings. The van der Waals surface area contributed by atoms with Crippen LogP contribution in [0, 0.1) is 5.41 Å². The Labute approximate surface area is 152 Å². The molecule has 5 nitrogen and oxygen atoms in total. The summed E-state index contributed by atoms with van der Waals surface area (Å²) in [7, 11) is 0. The van der Waals surface area contributed by atoms with Gasteiger partial charge in [-0.15, -0.1) is 6.58 Å². The van der Waals surface area contributed by atoms with Gasteiger partial charge in [0, 0.05) is 23.1 Å². The second-order valence-corrected chi connectivity index (χ2v) is 7.41. The molecule has 1 atom stereocenters. The van der Waals surface area contributed by atoms with Crippen molar-refractivity contribution < 1.29 is 9.15 Å². The Hall–Kier alpha value is -2.66. The van der Waals surface area contributed by atoms with E-state index in [4.69, 9.17) is 14.9 Å². The number of benzene rings is 2. The first kappa shape index (κ1) is 18.1. The maximum absolute atomic E-state index is 11.5. The topological polar surface area (TPSA) is 78.4 Å². The van der Waals surface area contributed by atoms with Gasteiger partial charge in [-0.25, -0.2) is 4.98 Å². The van der Waals surface area contributed by atoms with E-state index in [0.717, 1.165) is 0 Å². The number of nitrogens with zero attached hydrogens (tertiary/aromatic N) is 1. The molecule has 0 amide bonds. The Morgan fingerprint density at radius 1 is 1.23 bits per heavy atom. The second-order valence-electron chi connectivity index (χ2n) is 7.41. The minimum Gasteiger partial charge on any atom is -0.493 e. The van der Waals surface area contributed by atoms with Crippen molar-refractivity contribution in [3.05, 3.63) is 59.3 Å². The monoisotopic (exact) mass is 352 g/mol. The minimum atomic E-state index is -0.432. The Balaban J connectivity index is 1.79. The molecule has 3 rings (SSSR count). The molecule has 136 valence electrons. The molecule has 0 fully saturated rings. The van der Waals surface area contributed by atoms with Gasteiger partial charge in [0.1, 0.15) is 17.0 Å². The third-order valence-corrected chi connectivity index (χ3v) is 5.20. The molecule has 0 spiro atoms. The molecule has 1 unspecified atom stereocenters. The van der Waals surface area contributed by atoms with Crippen LogP contribution >= 0.6 is 0 Å². The highest BCUT2D eigenvalue weighted by molar-refractivity contribution is 5.77. The summed E-state index contributed by atoms with van der Waals surface area (Å²) in [4.78, 5) is 16.0. The van der Waals surface area contributed by atoms with Crippen molar-refractivity contribution in [3.8, 4) is 17.2 Å². The van der Waals surface area contributed by atoms with E-state index >= 15 is 0 Å². The molecule has 2 aliphatic rings. The Morgan fingerprint density at radius 2 is 2.00 bits per heavy atom. The zero-order chi connectivity index (χ0) is 18.9. The highest BCUT2D eigenvalue weighted by Crippen LogP contribution is 2.32. The number of hydrogen-bond donors (Lipinski definition) is 1. The maximum Gasteiger partial charge on any atom is 0.182 e. The summed E-state index contributed by atoms with van der Waals surface area (Å²) >= 11 is 0. The van der Waals surface area contributed by atoms with Crippen molar-refractivity contribution in [2.24, 2.45) is 11.1 Å². The van der Waals surface area contributed by atoms with E-state index in [9.17, 15) is 4.79 Å². The minimum absolute atomic E-state index is 0.109. The third kappa shape index (κ3) is 3.48. The molecule has 26 heavy (non-hydrogen) atoms. The van der Waals surface area contributed by atoms with E-state index in [2.05, 4.69) is 25.4 Å². The van der Waals surface area contributed by atoms with Crippen molar-refractivity contribution in [3.63, 3.8) is 0 Å². The van der Waals surface area contributed by atoms with E-state index in [0.29, 0.717) is 41.3 Å². The molecule has 0 saturated carbocycles. The Kier molecular flexibility index (Phi) is 4.59. The van der Waals surface area contributed by atoms with Gasteiger partial charge in [0.15, 0.2) is 16.8 Å². The first-order valence-corrected chi connectivity index (χ1v) is 8.62. The quantitative estimate of drug-likeness (QED) is 0.536. The lowest BCUT2D eigenvalue weighted by Crippen LogP contribution is -2.50. The normalized spacial score (nSPS) is 14.3. The fourth-order valence-corrected chi connectivity index (χ4v) is 2.61. The number of nitrogens with two attached hydrogens (primary N) is 1. The summed E-state index contributed by atoms with van der Waals surface area (Å²) < 4.78 is 11.7. The summed E-state index contributed by atoms with van der Waals surface area (Å²) in [6.45, 7) is 10.5. The van der Waals surface area contributed by atoms with Crippen molar-refractivity contribution in [2.45, 2.75) is 32.7 Å². The summed E-state index contributed by atoms with van der Waals surface area (Å²) in [5, 5.41) is 0. The maximum atomic E-state index is 11.5. The van der Waals surface area contributed by atoms with Crippen LogP contribution in [0.3, 0.4) is 0 Å². The molecule has 0 saturated heterocycles. The number of fused-ring (bicyclic) bond motifs is 2. The van der Waals surface area contributed by atoms with Gasteiger partial charge in [0.25, 0.3) is 0 Å². The Bertz CT molecular complexity index is 972. The molecule has 0 radical (unpaired) electrons. The molecular weight excluding hydrogens is 328 g/mol. The lowest BCUT2D eigenvalue weighted by Gasteiger charge is -2.39. The van der Waals surface area contributed by atoms with E-state index in [-0.39, 0.29) is 10.8 Å². The largest absolute Gasteiger partial charge is 0.493 e. The van der Waals surface area contributed by atoms with Gasteiger partial charge in [-0.3, -0.25) is 4.79 Å². The lowest BCUT2D eigenvalue weighted by molar-refractivity contribution is 0.185. The number of ether oxygens (including phenoxy) is 1. The zero-order valence-electron chi connectivity index (χ0n) is 15.4. The average Bonchev–Trinajstić information content (AvgIpc) is 2.59. The predicted octanol–water partition coefficient (Wildman–Crippen LogP) is 3.99. The van der Waals surface area contributed by atoms with Crippen LogP contribution < -0.4 is 15.9 Å². The van der Waals surface area contributed by atoms with Crippen LogP contribution in [0.5, 0.6) is 5.75 Å². The molecule has 1 aromatic carbocycles. The molecule has 5 heteroatoms. The van der Waals surface area contributed by atoms with Crippen molar-refractivity contribution >= 4 is 11.1 Å². The van der Waals surface area contributed by atoms with Crippen molar-refractivity contribution in [1.29, 1.82) is 0 Å². The van der Waals surface area contributed by atoms with Gasteiger partial charge >= 0.3 is 0 Å². The van der Waals surface area contributed by atoms with Crippen molar-refractivity contribution in [2.75, 3.05) is 6.61 Å². The second kappa shape index (κ2) is 6.57. The molecule has 1 heterocycles. The van der Waals surface area contributed by atoms with Gasteiger partial charge in [-0.1, -0.05) is 19.9 Å². The number of hydrogen-bond acceptors (Lipinski definition) is 5. The van der Waals surface area contributed by atoms with Crippen LogP contribution in [0.25, 0.3) is 22.6 Å². The predicted molar refractivity (Wildman–Crippen MR) is 104 cm³/mol. The molecule has 0 aromatic heterocycles. The van der Waals surface area contributed by atoms with E-state index in [1.807, 2.05) is 25.1 Å². The van der Waals surface area contributed by atoms with E-state index < -0.39 is 5.54 Å². The van der Waals surface area contributed by atoms with Crippen LogP contribution in [-0.4, -0.2) is 17.1 Å². The van der Waals surface area contributed by atoms with Gasteiger partial charge in [0.05, 0.1) is 6.61 Å². The summed E-state index contributed by atoms with van der Waals surface area (Å²) in [5.41, 5.74) is 7.61. The Morgan fingerprint density at radius 3 is 2.73 bits per heavy atom. The molecule has 0 bridgehead atoms. The highest BCUT2D eigenvalue weighted by atomic mass is 16.5. The SMILES string of the molecule is C=CC(C)(C)C(C)(N)CCOc1ccc2nc3ccc(=O)cc-3oc2c1. The average molecular weight is 352 g/mol. The van der Waals surface area contributed by atoms with E-state index in [1.165, 1.54) is 12.1 Å². The summed E-state index contributed by atoms with van der Waals surface area (Å²) in [6, 6.07) is 10.1. The third-order valence-electron chi connectivity index (χ3n) is 5.20. The lowest BCUT2D eigenvalue weighted by atomic mass is 9.72. The smallest absolute Gasteiger partial charge is 0.182 e. The highest BCUT2D eigenvalue weighted by Gasteiger charge is 2.34. The van der Waals surface area contributed by atoms with Gasteiger partial charge in [0.2, 0.25) is 0 Å². The molecule has 1 aliphatic heterocycles. The molecular formula is C21H24N2O3. The zero-order valence-corrected chi connectivity index (χ0v) is 15.4. The number of rotatable bonds is 6. The standard InChI is InChI=1S/C21H24N2O3/c1-5-20(2,3)21(4,22)10-11-25-15-7-9-17-19(13-15)26-18-12-14(24)6-8-16(18)23-17/h5-9,12-13H,1,10-11,22H2,2-4H3. The molecule has 1 aliphatic carbocycles.